The van der Waals surface area contributed by atoms with E-state index in [1.54, 1.807) is 49.2 Å². The van der Waals surface area contributed by atoms with Gasteiger partial charge in [0.15, 0.2) is 11.5 Å². The summed E-state index contributed by atoms with van der Waals surface area (Å²) in [6.07, 6.45) is 3.39. The second-order valence-electron chi connectivity index (χ2n) is 6.53. The van der Waals surface area contributed by atoms with E-state index in [9.17, 15) is 9.90 Å². The molecule has 0 saturated heterocycles. The fourth-order valence-electron chi connectivity index (χ4n) is 3.21. The maximum Gasteiger partial charge on any atom is 0.337 e. The number of fused-ring (bicyclic) bond motifs is 1. The summed E-state index contributed by atoms with van der Waals surface area (Å²) < 4.78 is 17.6. The van der Waals surface area contributed by atoms with E-state index in [4.69, 9.17) is 19.2 Å². The van der Waals surface area contributed by atoms with E-state index >= 15 is 0 Å². The Morgan fingerprint density at radius 1 is 1.00 bits per heavy atom. The molecule has 0 unspecified atom stereocenters. The topological polar surface area (TPSA) is 107 Å². The Labute approximate surface area is 177 Å². The van der Waals surface area contributed by atoms with Crippen LogP contribution in [0, 0.1) is 0 Å². The molecule has 31 heavy (non-hydrogen) atoms. The number of nitrogens with zero attached hydrogens (tertiary/aromatic N) is 3. The van der Waals surface area contributed by atoms with Gasteiger partial charge in [-0.15, -0.1) is 0 Å². The molecule has 0 amide bonds. The smallest absolute Gasteiger partial charge is 0.337 e. The Morgan fingerprint density at radius 2 is 1.81 bits per heavy atom. The molecule has 9 heteroatoms. The normalized spacial score (nSPS) is 10.7. The van der Waals surface area contributed by atoms with Crippen molar-refractivity contribution in [2.75, 3.05) is 26.6 Å². The Morgan fingerprint density at radius 3 is 2.52 bits per heavy atom. The van der Waals surface area contributed by atoms with Crippen molar-refractivity contribution >= 4 is 23.3 Å². The van der Waals surface area contributed by atoms with Crippen LogP contribution < -0.4 is 19.5 Å². The average molecular weight is 420 g/mol. The third kappa shape index (κ3) is 3.80. The van der Waals surface area contributed by atoms with Crippen LogP contribution in [0.1, 0.15) is 10.4 Å². The van der Waals surface area contributed by atoms with E-state index in [2.05, 4.69) is 10.3 Å². The zero-order valence-corrected chi connectivity index (χ0v) is 17.1. The van der Waals surface area contributed by atoms with E-state index < -0.39 is 5.97 Å². The summed E-state index contributed by atoms with van der Waals surface area (Å²) in [7, 11) is 4.62. The first-order valence-electron chi connectivity index (χ1n) is 9.29. The lowest BCUT2D eigenvalue weighted by molar-refractivity contribution is 0.0697. The summed E-state index contributed by atoms with van der Waals surface area (Å²) in [5, 5.41) is 12.7. The molecule has 0 saturated carbocycles. The van der Waals surface area contributed by atoms with Crippen molar-refractivity contribution in [3.8, 4) is 28.5 Å². The number of imidazole rings is 1. The summed E-state index contributed by atoms with van der Waals surface area (Å²) >= 11 is 0. The fourth-order valence-corrected chi connectivity index (χ4v) is 3.21. The fraction of sp³-hybridized carbons (Fsp3) is 0.136. The number of methoxy groups -OCH3 is 3. The van der Waals surface area contributed by atoms with Crippen LogP contribution >= 0.6 is 0 Å². The van der Waals surface area contributed by atoms with Crippen molar-refractivity contribution < 1.29 is 24.1 Å². The van der Waals surface area contributed by atoms with E-state index in [0.717, 1.165) is 5.56 Å². The minimum Gasteiger partial charge on any atom is -0.497 e. The Balaban J connectivity index is 1.82. The number of nitrogens with one attached hydrogen (secondary N) is 1. The zero-order valence-electron chi connectivity index (χ0n) is 17.1. The number of carboxylic acids is 1. The molecule has 0 atom stereocenters. The van der Waals surface area contributed by atoms with E-state index in [-0.39, 0.29) is 5.56 Å². The molecule has 0 fully saturated rings. The van der Waals surface area contributed by atoms with Crippen LogP contribution in [-0.2, 0) is 0 Å². The molecule has 9 nitrogen and oxygen atoms in total. The molecule has 0 aliphatic rings. The van der Waals surface area contributed by atoms with Crippen LogP contribution in [0.25, 0.3) is 16.9 Å². The summed E-state index contributed by atoms with van der Waals surface area (Å²) in [4.78, 5) is 20.8. The number of ether oxygens (including phenoxy) is 3. The standard InChI is InChI=1S/C22H20N4O5/c1-29-14-5-6-16(15(11-14)21(27)28)24-22-25-17(12-20-23-8-9-26(20)22)13-4-7-18(30-2)19(10-13)31-3/h4-12H,1-3H3,(H,24,25)(H,27,28). The molecule has 2 N–H and O–H groups in total. The highest BCUT2D eigenvalue weighted by atomic mass is 16.5. The van der Waals surface area contributed by atoms with Crippen molar-refractivity contribution in [3.63, 3.8) is 0 Å². The number of anilines is 2. The summed E-state index contributed by atoms with van der Waals surface area (Å²) in [5.41, 5.74) is 2.51. The maximum absolute atomic E-state index is 11.8. The molecule has 0 radical (unpaired) electrons. The van der Waals surface area contributed by atoms with Gasteiger partial charge in [0.05, 0.1) is 38.3 Å². The number of carboxylic acid groups (broad SMARTS) is 1. The van der Waals surface area contributed by atoms with Gasteiger partial charge in [-0.3, -0.25) is 4.40 Å². The molecule has 2 aromatic carbocycles. The molecule has 4 aromatic rings. The van der Waals surface area contributed by atoms with Crippen LogP contribution in [0.15, 0.2) is 54.9 Å². The highest BCUT2D eigenvalue weighted by Gasteiger charge is 2.16. The minimum absolute atomic E-state index is 0.0611. The van der Waals surface area contributed by atoms with Gasteiger partial charge in [0.25, 0.3) is 0 Å². The molecular formula is C22H20N4O5. The zero-order chi connectivity index (χ0) is 22.0. The van der Waals surface area contributed by atoms with Gasteiger partial charge >= 0.3 is 5.97 Å². The third-order valence-corrected chi connectivity index (χ3v) is 4.77. The number of hydrogen-bond acceptors (Lipinski definition) is 7. The molecule has 0 bridgehead atoms. The quantitative estimate of drug-likeness (QED) is 0.464. The first kappa shape index (κ1) is 20.0. The molecule has 158 valence electrons. The summed E-state index contributed by atoms with van der Waals surface area (Å²) in [5.74, 6) is 0.952. The maximum atomic E-state index is 11.8. The van der Waals surface area contributed by atoms with Crippen molar-refractivity contribution in [2.45, 2.75) is 0 Å². The molecule has 0 spiro atoms. The SMILES string of the molecule is COc1ccc(Nc2nc(-c3ccc(OC)c(OC)c3)cc3nccn23)c(C(=O)O)c1. The number of aromatic nitrogens is 3. The Hall–Kier alpha value is -4.27. The second-order valence-corrected chi connectivity index (χ2v) is 6.53. The lowest BCUT2D eigenvalue weighted by Crippen LogP contribution is -2.07. The first-order valence-corrected chi connectivity index (χ1v) is 9.29. The van der Waals surface area contributed by atoms with Crippen LogP contribution in [0.3, 0.4) is 0 Å². The largest absolute Gasteiger partial charge is 0.497 e. The van der Waals surface area contributed by atoms with Crippen LogP contribution in [0.2, 0.25) is 0 Å². The van der Waals surface area contributed by atoms with Gasteiger partial charge in [0.1, 0.15) is 11.4 Å². The molecule has 0 aliphatic carbocycles. The predicted molar refractivity (Wildman–Crippen MR) is 115 cm³/mol. The van der Waals surface area contributed by atoms with Crippen LogP contribution in [0.5, 0.6) is 17.2 Å². The monoisotopic (exact) mass is 420 g/mol. The van der Waals surface area contributed by atoms with Crippen LogP contribution in [0.4, 0.5) is 11.6 Å². The first-order chi connectivity index (χ1) is 15.0. The van der Waals surface area contributed by atoms with Gasteiger partial charge in [0.2, 0.25) is 5.95 Å². The third-order valence-electron chi connectivity index (χ3n) is 4.77. The number of aromatic carboxylic acids is 1. The number of rotatable bonds is 7. The van der Waals surface area contributed by atoms with Crippen molar-refractivity contribution in [3.05, 3.63) is 60.4 Å². The summed E-state index contributed by atoms with van der Waals surface area (Å²) in [6, 6.07) is 12.1. The van der Waals surface area contributed by atoms with Gasteiger partial charge in [-0.1, -0.05) is 0 Å². The molecular weight excluding hydrogens is 400 g/mol. The molecule has 0 aliphatic heterocycles. The van der Waals surface area contributed by atoms with Gasteiger partial charge < -0.3 is 24.6 Å². The molecule has 2 aromatic heterocycles. The van der Waals surface area contributed by atoms with Crippen LogP contribution in [-0.4, -0.2) is 46.8 Å². The number of carbonyl (C=O) groups is 1. The second kappa shape index (κ2) is 8.23. The van der Waals surface area contributed by atoms with Gasteiger partial charge in [-0.25, -0.2) is 14.8 Å². The van der Waals surface area contributed by atoms with E-state index in [0.29, 0.717) is 40.2 Å². The summed E-state index contributed by atoms with van der Waals surface area (Å²) in [6.45, 7) is 0. The van der Waals surface area contributed by atoms with E-state index in [1.165, 1.54) is 13.2 Å². The lowest BCUT2D eigenvalue weighted by atomic mass is 10.1. The van der Waals surface area contributed by atoms with Gasteiger partial charge in [0, 0.05) is 24.0 Å². The van der Waals surface area contributed by atoms with Crippen molar-refractivity contribution in [1.29, 1.82) is 0 Å². The van der Waals surface area contributed by atoms with Crippen molar-refractivity contribution in [2.24, 2.45) is 0 Å². The van der Waals surface area contributed by atoms with Gasteiger partial charge in [-0.2, -0.15) is 0 Å². The molecule has 4 rings (SSSR count). The Bertz CT molecular complexity index is 1270. The minimum atomic E-state index is -1.08. The lowest BCUT2D eigenvalue weighted by Gasteiger charge is -2.14. The highest BCUT2D eigenvalue weighted by Crippen LogP contribution is 2.33. The molecule has 2 heterocycles. The van der Waals surface area contributed by atoms with E-state index in [1.807, 2.05) is 18.2 Å². The predicted octanol–water partition coefficient (Wildman–Crippen LogP) is 3.86. The number of hydrogen-bond donors (Lipinski definition) is 2. The number of benzene rings is 2. The highest BCUT2D eigenvalue weighted by molar-refractivity contribution is 5.95. The Kier molecular flexibility index (Phi) is 5.31. The van der Waals surface area contributed by atoms with Crippen molar-refractivity contribution in [1.82, 2.24) is 14.4 Å². The van der Waals surface area contributed by atoms with Gasteiger partial charge in [-0.05, 0) is 36.4 Å². The average Bonchev–Trinajstić information content (AvgIpc) is 3.27.